The van der Waals surface area contributed by atoms with Crippen molar-refractivity contribution in [1.82, 2.24) is 4.90 Å². The first-order valence-corrected chi connectivity index (χ1v) is 5.47. The second kappa shape index (κ2) is 6.86. The standard InChI is InChI=1S/C11H20N4O2/c1-11(2,8-12)4-3-5-15(6-9(13)16)7-10(14)17/h3-7H2,1-2H3,(H2,13,16)(H2,14,17). The molecule has 6 nitrogen and oxygen atoms in total. The molecule has 17 heavy (non-hydrogen) atoms. The van der Waals surface area contributed by atoms with Crippen molar-refractivity contribution >= 4 is 11.8 Å². The Kier molecular flexibility index (Phi) is 6.21. The third-order valence-corrected chi connectivity index (χ3v) is 2.34. The van der Waals surface area contributed by atoms with Crippen molar-refractivity contribution < 1.29 is 9.59 Å². The molecule has 96 valence electrons. The number of primary amides is 2. The lowest BCUT2D eigenvalue weighted by Gasteiger charge is -2.21. The van der Waals surface area contributed by atoms with Gasteiger partial charge in [0.25, 0.3) is 0 Å². The Labute approximate surface area is 102 Å². The van der Waals surface area contributed by atoms with Crippen molar-refractivity contribution in [3.8, 4) is 6.07 Å². The summed E-state index contributed by atoms with van der Waals surface area (Å²) in [6.07, 6.45) is 1.40. The fraction of sp³-hybridized carbons (Fsp3) is 0.727. The van der Waals surface area contributed by atoms with Gasteiger partial charge < -0.3 is 11.5 Å². The van der Waals surface area contributed by atoms with Gasteiger partial charge >= 0.3 is 0 Å². The van der Waals surface area contributed by atoms with E-state index in [0.29, 0.717) is 19.4 Å². The number of amides is 2. The third-order valence-electron chi connectivity index (χ3n) is 2.34. The van der Waals surface area contributed by atoms with Gasteiger partial charge in [0.05, 0.1) is 24.6 Å². The summed E-state index contributed by atoms with van der Waals surface area (Å²) < 4.78 is 0. The van der Waals surface area contributed by atoms with Crippen LogP contribution >= 0.6 is 0 Å². The second-order valence-electron chi connectivity index (χ2n) is 4.74. The minimum absolute atomic E-state index is 0.00984. The first kappa shape index (κ1) is 15.4. The molecule has 4 N–H and O–H groups in total. The zero-order valence-electron chi connectivity index (χ0n) is 10.4. The van der Waals surface area contributed by atoms with Crippen LogP contribution in [-0.2, 0) is 9.59 Å². The maximum atomic E-state index is 10.8. The number of rotatable bonds is 8. The Morgan fingerprint density at radius 3 is 2.06 bits per heavy atom. The highest BCUT2D eigenvalue weighted by molar-refractivity contribution is 5.79. The predicted molar refractivity (Wildman–Crippen MR) is 63.5 cm³/mol. The highest BCUT2D eigenvalue weighted by Gasteiger charge is 2.17. The average Bonchev–Trinajstić information content (AvgIpc) is 2.15. The largest absolute Gasteiger partial charge is 0.369 e. The Morgan fingerprint density at radius 1 is 1.24 bits per heavy atom. The van der Waals surface area contributed by atoms with Gasteiger partial charge in [-0.15, -0.1) is 0 Å². The van der Waals surface area contributed by atoms with Crippen LogP contribution in [0.5, 0.6) is 0 Å². The number of carbonyl (C=O) groups excluding carboxylic acids is 2. The molecule has 0 saturated heterocycles. The van der Waals surface area contributed by atoms with Gasteiger partial charge in [-0.3, -0.25) is 14.5 Å². The van der Waals surface area contributed by atoms with Gasteiger partial charge in [-0.1, -0.05) is 0 Å². The molecule has 0 aromatic heterocycles. The summed E-state index contributed by atoms with van der Waals surface area (Å²) in [5, 5.41) is 8.84. The molecule has 0 bridgehead atoms. The molecular formula is C11H20N4O2. The zero-order valence-corrected chi connectivity index (χ0v) is 10.4. The van der Waals surface area contributed by atoms with Gasteiger partial charge in [0, 0.05) is 0 Å². The Morgan fingerprint density at radius 2 is 1.71 bits per heavy atom. The summed E-state index contributed by atoms with van der Waals surface area (Å²) in [6.45, 7) is 4.24. The summed E-state index contributed by atoms with van der Waals surface area (Å²) in [6, 6.07) is 2.19. The van der Waals surface area contributed by atoms with E-state index in [2.05, 4.69) is 6.07 Å². The molecule has 0 fully saturated rings. The number of nitriles is 1. The number of nitrogens with zero attached hydrogens (tertiary/aromatic N) is 2. The van der Waals surface area contributed by atoms with Gasteiger partial charge in [0.2, 0.25) is 11.8 Å². The van der Waals surface area contributed by atoms with Gasteiger partial charge in [-0.25, -0.2) is 0 Å². The molecule has 0 radical (unpaired) electrons. The lowest BCUT2D eigenvalue weighted by Crippen LogP contribution is -2.40. The summed E-state index contributed by atoms with van der Waals surface area (Å²) in [4.78, 5) is 23.2. The maximum absolute atomic E-state index is 10.8. The summed E-state index contributed by atoms with van der Waals surface area (Å²) in [7, 11) is 0. The topological polar surface area (TPSA) is 113 Å². The molecule has 0 spiro atoms. The molecule has 2 amide bonds. The molecule has 0 unspecified atom stereocenters. The van der Waals surface area contributed by atoms with E-state index in [9.17, 15) is 9.59 Å². The number of carbonyl (C=O) groups is 2. The van der Waals surface area contributed by atoms with Crippen LogP contribution in [0.4, 0.5) is 0 Å². The van der Waals surface area contributed by atoms with E-state index in [1.807, 2.05) is 13.8 Å². The minimum Gasteiger partial charge on any atom is -0.369 e. The van der Waals surface area contributed by atoms with E-state index in [4.69, 9.17) is 16.7 Å². The third kappa shape index (κ3) is 8.22. The molecule has 0 aromatic carbocycles. The highest BCUT2D eigenvalue weighted by Crippen LogP contribution is 2.20. The van der Waals surface area contributed by atoms with Gasteiger partial charge in [-0.05, 0) is 33.2 Å². The normalized spacial score (nSPS) is 11.2. The lowest BCUT2D eigenvalue weighted by atomic mass is 9.90. The van der Waals surface area contributed by atoms with E-state index in [0.717, 1.165) is 0 Å². The average molecular weight is 240 g/mol. The van der Waals surface area contributed by atoms with Crippen molar-refractivity contribution in [2.45, 2.75) is 26.7 Å². The van der Waals surface area contributed by atoms with Gasteiger partial charge in [0.1, 0.15) is 0 Å². The minimum atomic E-state index is -0.495. The quantitative estimate of drug-likeness (QED) is 0.600. The Hall–Kier alpha value is -1.61. The van der Waals surface area contributed by atoms with E-state index in [1.54, 1.807) is 4.90 Å². The van der Waals surface area contributed by atoms with Crippen molar-refractivity contribution in [2.24, 2.45) is 16.9 Å². The number of hydrogen-bond donors (Lipinski definition) is 2. The summed E-state index contributed by atoms with van der Waals surface area (Å²) in [5.41, 5.74) is 9.74. The van der Waals surface area contributed by atoms with Crippen molar-refractivity contribution in [3.05, 3.63) is 0 Å². The predicted octanol–water partition coefficient (Wildman–Crippen LogP) is -0.411. The fourth-order valence-electron chi connectivity index (χ4n) is 1.46. The Balaban J connectivity index is 4.13. The van der Waals surface area contributed by atoms with Crippen LogP contribution < -0.4 is 11.5 Å². The summed E-state index contributed by atoms with van der Waals surface area (Å²) in [5.74, 6) is -0.989. The lowest BCUT2D eigenvalue weighted by molar-refractivity contribution is -0.121. The first-order chi connectivity index (χ1) is 7.76. The zero-order chi connectivity index (χ0) is 13.5. The first-order valence-electron chi connectivity index (χ1n) is 5.47. The fourth-order valence-corrected chi connectivity index (χ4v) is 1.46. The molecule has 6 heteroatoms. The molecule has 0 aliphatic rings. The molecule has 0 heterocycles. The monoisotopic (exact) mass is 240 g/mol. The molecule has 0 rings (SSSR count). The van der Waals surface area contributed by atoms with E-state index in [1.165, 1.54) is 0 Å². The molecule has 0 atom stereocenters. The van der Waals surface area contributed by atoms with E-state index in [-0.39, 0.29) is 13.1 Å². The number of hydrogen-bond acceptors (Lipinski definition) is 4. The van der Waals surface area contributed by atoms with Crippen LogP contribution in [-0.4, -0.2) is 36.3 Å². The molecule has 0 aliphatic carbocycles. The number of nitrogens with two attached hydrogens (primary N) is 2. The molecular weight excluding hydrogens is 220 g/mol. The van der Waals surface area contributed by atoms with E-state index >= 15 is 0 Å². The smallest absolute Gasteiger partial charge is 0.231 e. The second-order valence-corrected chi connectivity index (χ2v) is 4.74. The highest BCUT2D eigenvalue weighted by atomic mass is 16.2. The van der Waals surface area contributed by atoms with Gasteiger partial charge in [-0.2, -0.15) is 5.26 Å². The molecule has 0 aromatic rings. The maximum Gasteiger partial charge on any atom is 0.231 e. The summed E-state index contributed by atoms with van der Waals surface area (Å²) >= 11 is 0. The van der Waals surface area contributed by atoms with Crippen LogP contribution in [0.25, 0.3) is 0 Å². The molecule has 0 aliphatic heterocycles. The molecule has 0 saturated carbocycles. The SMILES string of the molecule is CC(C)(C#N)CCCN(CC(N)=O)CC(N)=O. The van der Waals surface area contributed by atoms with Crippen molar-refractivity contribution in [1.29, 1.82) is 5.26 Å². The van der Waals surface area contributed by atoms with Crippen molar-refractivity contribution in [3.63, 3.8) is 0 Å². The van der Waals surface area contributed by atoms with Crippen molar-refractivity contribution in [2.75, 3.05) is 19.6 Å². The van der Waals surface area contributed by atoms with Gasteiger partial charge in [0.15, 0.2) is 0 Å². The van der Waals surface area contributed by atoms with Crippen LogP contribution in [0.15, 0.2) is 0 Å². The van der Waals surface area contributed by atoms with Crippen LogP contribution in [0.2, 0.25) is 0 Å². The van der Waals surface area contributed by atoms with E-state index < -0.39 is 17.2 Å². The van der Waals surface area contributed by atoms with Crippen LogP contribution in [0.1, 0.15) is 26.7 Å². The Bertz CT molecular complexity index is 304. The van der Waals surface area contributed by atoms with Crippen LogP contribution in [0, 0.1) is 16.7 Å². The van der Waals surface area contributed by atoms with Crippen LogP contribution in [0.3, 0.4) is 0 Å².